The number of ether oxygens (including phenoxy) is 1. The molecule has 1 aromatic heterocycles. The number of nitrogens with zero attached hydrogens (tertiary/aromatic N) is 3. The molecule has 0 saturated carbocycles. The zero-order valence-corrected chi connectivity index (χ0v) is 11.5. The molecule has 1 fully saturated rings. The van der Waals surface area contributed by atoms with Crippen LogP contribution < -0.4 is 5.32 Å². The predicted molar refractivity (Wildman–Crippen MR) is 72.6 cm³/mol. The van der Waals surface area contributed by atoms with Crippen LogP contribution in [0.15, 0.2) is 30.3 Å². The molecule has 22 heavy (non-hydrogen) atoms. The SMILES string of the molecule is O=C(N[C@@H]1[C@H](O)[C@@H](CO)O[C@H]1c1nn[nH]n1)c1ccccc1. The summed E-state index contributed by atoms with van der Waals surface area (Å²) in [6.45, 7) is -0.382. The molecule has 116 valence electrons. The number of aromatic amines is 1. The van der Waals surface area contributed by atoms with E-state index in [1.54, 1.807) is 30.3 Å². The highest BCUT2D eigenvalue weighted by Gasteiger charge is 2.46. The van der Waals surface area contributed by atoms with Gasteiger partial charge < -0.3 is 20.3 Å². The van der Waals surface area contributed by atoms with Gasteiger partial charge in [0.05, 0.1) is 12.6 Å². The topological polar surface area (TPSA) is 133 Å². The lowest BCUT2D eigenvalue weighted by atomic mass is 10.0. The third-order valence-electron chi connectivity index (χ3n) is 3.53. The molecule has 0 bridgehead atoms. The molecule has 0 spiro atoms. The number of hydrogen-bond donors (Lipinski definition) is 4. The number of aliphatic hydroxyl groups is 2. The summed E-state index contributed by atoms with van der Waals surface area (Å²) in [5.74, 6) is -0.159. The number of nitrogens with one attached hydrogen (secondary N) is 2. The standard InChI is InChI=1S/C13H15N5O4/c19-6-8-10(20)9(11(22-8)12-15-17-18-16-12)14-13(21)7-4-2-1-3-5-7/h1-5,8-11,19-20H,6H2,(H,14,21)(H,15,16,17,18)/t8-,9-,10-,11-/m1/s1. The van der Waals surface area contributed by atoms with Crippen molar-refractivity contribution >= 4 is 5.91 Å². The first-order valence-corrected chi connectivity index (χ1v) is 6.74. The second kappa shape index (κ2) is 6.18. The molecule has 1 amide bonds. The van der Waals surface area contributed by atoms with E-state index in [0.717, 1.165) is 0 Å². The summed E-state index contributed by atoms with van der Waals surface area (Å²) in [7, 11) is 0. The van der Waals surface area contributed by atoms with Crippen LogP contribution >= 0.6 is 0 Å². The van der Waals surface area contributed by atoms with Gasteiger partial charge >= 0.3 is 0 Å². The summed E-state index contributed by atoms with van der Waals surface area (Å²) in [6, 6.07) is 7.80. The minimum atomic E-state index is -1.08. The van der Waals surface area contributed by atoms with Gasteiger partial charge in [-0.05, 0) is 12.1 Å². The molecule has 3 rings (SSSR count). The largest absolute Gasteiger partial charge is 0.394 e. The minimum absolute atomic E-state index is 0.202. The zero-order chi connectivity index (χ0) is 15.5. The number of carbonyl (C=O) groups is 1. The van der Waals surface area contributed by atoms with Crippen molar-refractivity contribution in [1.82, 2.24) is 25.9 Å². The molecule has 1 aromatic carbocycles. The number of aromatic nitrogens is 4. The van der Waals surface area contributed by atoms with Crippen molar-refractivity contribution in [3.8, 4) is 0 Å². The van der Waals surface area contributed by atoms with Crippen LogP contribution in [0.1, 0.15) is 22.3 Å². The van der Waals surface area contributed by atoms with Crippen LogP contribution in [0.4, 0.5) is 0 Å². The molecule has 1 aliphatic heterocycles. The second-order valence-corrected chi connectivity index (χ2v) is 4.90. The highest BCUT2D eigenvalue weighted by Crippen LogP contribution is 2.31. The van der Waals surface area contributed by atoms with Crippen LogP contribution in [0.5, 0.6) is 0 Å². The van der Waals surface area contributed by atoms with E-state index in [0.29, 0.717) is 5.56 Å². The van der Waals surface area contributed by atoms with Gasteiger partial charge in [0.25, 0.3) is 5.91 Å². The lowest BCUT2D eigenvalue weighted by molar-refractivity contribution is -0.0247. The normalized spacial score (nSPS) is 27.7. The maximum absolute atomic E-state index is 12.3. The number of aliphatic hydroxyl groups excluding tert-OH is 2. The van der Waals surface area contributed by atoms with Crippen molar-refractivity contribution in [1.29, 1.82) is 0 Å². The molecule has 0 radical (unpaired) electrons. The molecule has 1 aliphatic rings. The number of hydrogen-bond acceptors (Lipinski definition) is 7. The van der Waals surface area contributed by atoms with E-state index in [9.17, 15) is 15.0 Å². The Kier molecular flexibility index (Phi) is 4.09. The van der Waals surface area contributed by atoms with Gasteiger partial charge in [0.15, 0.2) is 0 Å². The van der Waals surface area contributed by atoms with Gasteiger partial charge in [-0.25, -0.2) is 0 Å². The average Bonchev–Trinajstić information content (AvgIpc) is 3.17. The second-order valence-electron chi connectivity index (χ2n) is 4.90. The summed E-state index contributed by atoms with van der Waals surface area (Å²) in [4.78, 5) is 12.3. The van der Waals surface area contributed by atoms with E-state index >= 15 is 0 Å². The third-order valence-corrected chi connectivity index (χ3v) is 3.53. The van der Waals surface area contributed by atoms with Crippen molar-refractivity contribution < 1.29 is 19.7 Å². The molecule has 2 aromatic rings. The van der Waals surface area contributed by atoms with Crippen LogP contribution in [-0.4, -0.2) is 61.6 Å². The van der Waals surface area contributed by atoms with Crippen molar-refractivity contribution in [2.24, 2.45) is 0 Å². The first-order chi connectivity index (χ1) is 10.7. The van der Waals surface area contributed by atoms with E-state index in [-0.39, 0.29) is 18.3 Å². The van der Waals surface area contributed by atoms with Gasteiger partial charge in [-0.2, -0.15) is 5.21 Å². The van der Waals surface area contributed by atoms with Crippen molar-refractivity contribution in [2.45, 2.75) is 24.4 Å². The average molecular weight is 305 g/mol. The van der Waals surface area contributed by atoms with Crippen LogP contribution in [0, 0.1) is 0 Å². The minimum Gasteiger partial charge on any atom is -0.394 e. The van der Waals surface area contributed by atoms with E-state index in [1.807, 2.05) is 0 Å². The maximum atomic E-state index is 12.3. The Bertz CT molecular complexity index is 621. The van der Waals surface area contributed by atoms with E-state index in [4.69, 9.17) is 4.74 Å². The first-order valence-electron chi connectivity index (χ1n) is 6.74. The van der Waals surface area contributed by atoms with Gasteiger partial charge in [-0.3, -0.25) is 4.79 Å². The molecule has 9 heteroatoms. The smallest absolute Gasteiger partial charge is 0.251 e. The molecular weight excluding hydrogens is 290 g/mol. The van der Waals surface area contributed by atoms with Gasteiger partial charge in [-0.1, -0.05) is 23.4 Å². The summed E-state index contributed by atoms with van der Waals surface area (Å²) < 4.78 is 5.52. The van der Waals surface area contributed by atoms with Crippen LogP contribution in [0.3, 0.4) is 0 Å². The van der Waals surface area contributed by atoms with Crippen LogP contribution in [-0.2, 0) is 4.74 Å². The summed E-state index contributed by atoms with van der Waals surface area (Å²) in [5.41, 5.74) is 0.453. The lowest BCUT2D eigenvalue weighted by Gasteiger charge is -2.19. The molecule has 9 nitrogen and oxygen atoms in total. The summed E-state index contributed by atoms with van der Waals surface area (Å²) >= 11 is 0. The van der Waals surface area contributed by atoms with E-state index in [2.05, 4.69) is 25.9 Å². The Balaban J connectivity index is 1.81. The zero-order valence-electron chi connectivity index (χ0n) is 11.5. The molecule has 4 N–H and O–H groups in total. The highest BCUT2D eigenvalue weighted by molar-refractivity contribution is 5.94. The first kappa shape index (κ1) is 14.6. The summed E-state index contributed by atoms with van der Waals surface area (Å²) in [6.07, 6.45) is -2.70. The molecular formula is C13H15N5O4. The van der Waals surface area contributed by atoms with E-state index in [1.165, 1.54) is 0 Å². The van der Waals surface area contributed by atoms with Gasteiger partial charge in [0.1, 0.15) is 18.3 Å². The quantitative estimate of drug-likeness (QED) is 0.557. The molecule has 1 saturated heterocycles. The number of rotatable bonds is 4. The maximum Gasteiger partial charge on any atom is 0.251 e. The fourth-order valence-corrected chi connectivity index (χ4v) is 2.41. The Morgan fingerprint density at radius 2 is 2.14 bits per heavy atom. The number of amides is 1. The fraction of sp³-hybridized carbons (Fsp3) is 0.385. The van der Waals surface area contributed by atoms with Gasteiger partial charge in [-0.15, -0.1) is 10.2 Å². The van der Waals surface area contributed by atoms with Crippen molar-refractivity contribution in [3.05, 3.63) is 41.7 Å². The van der Waals surface area contributed by atoms with Gasteiger partial charge in [0.2, 0.25) is 5.82 Å². The van der Waals surface area contributed by atoms with Gasteiger partial charge in [0, 0.05) is 5.56 Å². The Hall–Kier alpha value is -2.36. The Morgan fingerprint density at radius 3 is 2.77 bits per heavy atom. The Labute approximate surface area is 125 Å². The predicted octanol–water partition coefficient (Wildman–Crippen LogP) is -1.21. The molecule has 0 aliphatic carbocycles. The molecule has 0 unspecified atom stereocenters. The van der Waals surface area contributed by atoms with Crippen molar-refractivity contribution in [3.63, 3.8) is 0 Å². The number of benzene rings is 1. The number of tetrazole rings is 1. The number of H-pyrrole nitrogens is 1. The monoisotopic (exact) mass is 305 g/mol. The van der Waals surface area contributed by atoms with Crippen molar-refractivity contribution in [2.75, 3.05) is 6.61 Å². The number of carbonyl (C=O) groups excluding carboxylic acids is 1. The lowest BCUT2D eigenvalue weighted by Crippen LogP contribution is -2.46. The molecule has 2 heterocycles. The highest BCUT2D eigenvalue weighted by atomic mass is 16.5. The van der Waals surface area contributed by atoms with Crippen LogP contribution in [0.25, 0.3) is 0 Å². The van der Waals surface area contributed by atoms with E-state index < -0.39 is 24.4 Å². The third kappa shape index (κ3) is 2.69. The van der Waals surface area contributed by atoms with Crippen LogP contribution in [0.2, 0.25) is 0 Å². The Morgan fingerprint density at radius 1 is 1.36 bits per heavy atom. The fourth-order valence-electron chi connectivity index (χ4n) is 2.41. The molecule has 4 atom stereocenters. The summed E-state index contributed by atoms with van der Waals surface area (Å²) in [5, 5.41) is 35.6.